The highest BCUT2D eigenvalue weighted by Gasteiger charge is 2.07. The molecule has 1 aromatic heterocycles. The van der Waals surface area contributed by atoms with Crippen LogP contribution in [0.3, 0.4) is 0 Å². The number of nitrogens with zero attached hydrogens (tertiary/aromatic N) is 1. The first-order valence-electron chi connectivity index (χ1n) is 4.95. The second kappa shape index (κ2) is 3.46. The Kier molecular flexibility index (Phi) is 2.27. The third kappa shape index (κ3) is 1.52. The molecule has 0 bridgehead atoms. The summed E-state index contributed by atoms with van der Waals surface area (Å²) in [5.41, 5.74) is 3.98. The summed E-state index contributed by atoms with van der Waals surface area (Å²) in [7, 11) is 0. The number of hydrogen-bond donors (Lipinski definition) is 0. The van der Waals surface area contributed by atoms with Gasteiger partial charge < -0.3 is 0 Å². The minimum Gasteiger partial charge on any atom is -0.296 e. The molecule has 2 heteroatoms. The molecule has 15 heavy (non-hydrogen) atoms. The molecule has 0 unspecified atom stereocenters. The van der Waals surface area contributed by atoms with Crippen molar-refractivity contribution in [2.75, 3.05) is 0 Å². The van der Waals surface area contributed by atoms with Crippen LogP contribution < -0.4 is 0 Å². The maximum absolute atomic E-state index is 10.9. The number of aldehydes is 1. The molecule has 76 valence electrons. The van der Waals surface area contributed by atoms with E-state index in [0.717, 1.165) is 28.2 Å². The number of pyridine rings is 1. The molecule has 0 aliphatic heterocycles. The smallest absolute Gasteiger partial charge is 0.169 e. The van der Waals surface area contributed by atoms with Crippen LogP contribution >= 0.6 is 0 Å². The molecule has 0 aliphatic rings. The highest BCUT2D eigenvalue weighted by atomic mass is 16.1. The molecular formula is C13H13NO. The Morgan fingerprint density at radius 2 is 1.87 bits per heavy atom. The van der Waals surface area contributed by atoms with E-state index < -0.39 is 0 Å². The van der Waals surface area contributed by atoms with Crippen molar-refractivity contribution in [3.8, 4) is 0 Å². The fourth-order valence-electron chi connectivity index (χ4n) is 2.01. The molecule has 1 aromatic carbocycles. The van der Waals surface area contributed by atoms with Crippen LogP contribution in [0.5, 0.6) is 0 Å². The summed E-state index contributed by atoms with van der Waals surface area (Å²) in [6, 6.07) is 4.18. The van der Waals surface area contributed by atoms with E-state index in [2.05, 4.69) is 24.0 Å². The van der Waals surface area contributed by atoms with Crippen molar-refractivity contribution in [3.05, 3.63) is 40.7 Å². The number of fused-ring (bicyclic) bond motifs is 1. The lowest BCUT2D eigenvalue weighted by atomic mass is 9.99. The second-order valence-corrected chi connectivity index (χ2v) is 3.95. The van der Waals surface area contributed by atoms with E-state index >= 15 is 0 Å². The first kappa shape index (κ1) is 9.84. The van der Waals surface area contributed by atoms with Crippen LogP contribution in [0.1, 0.15) is 27.2 Å². The zero-order chi connectivity index (χ0) is 11.0. The molecule has 2 aromatic rings. The van der Waals surface area contributed by atoms with Gasteiger partial charge in [0.2, 0.25) is 0 Å². The second-order valence-electron chi connectivity index (χ2n) is 3.95. The highest BCUT2D eigenvalue weighted by molar-refractivity contribution is 5.99. The van der Waals surface area contributed by atoms with Crippen LogP contribution in [0.4, 0.5) is 0 Å². The van der Waals surface area contributed by atoms with Crippen molar-refractivity contribution in [3.63, 3.8) is 0 Å². The van der Waals surface area contributed by atoms with Gasteiger partial charge in [-0.25, -0.2) is 0 Å². The van der Waals surface area contributed by atoms with E-state index in [-0.39, 0.29) is 0 Å². The molecule has 0 fully saturated rings. The first-order chi connectivity index (χ1) is 7.13. The minimum absolute atomic E-state index is 0.535. The van der Waals surface area contributed by atoms with Crippen LogP contribution in [0.15, 0.2) is 18.3 Å². The standard InChI is InChI=1S/C13H13NO/c1-8-4-9(2)13-11(5-8)10(3)6-14-12(13)7-15/h4-7H,1-3H3. The largest absolute Gasteiger partial charge is 0.296 e. The molecule has 0 aliphatic carbocycles. The van der Waals surface area contributed by atoms with E-state index in [1.54, 1.807) is 6.20 Å². The average molecular weight is 199 g/mol. The molecule has 2 nitrogen and oxygen atoms in total. The van der Waals surface area contributed by atoms with Gasteiger partial charge in [0.15, 0.2) is 6.29 Å². The lowest BCUT2D eigenvalue weighted by molar-refractivity contribution is 0.112. The van der Waals surface area contributed by atoms with Gasteiger partial charge >= 0.3 is 0 Å². The maximum atomic E-state index is 10.9. The van der Waals surface area contributed by atoms with Gasteiger partial charge in [-0.15, -0.1) is 0 Å². The Morgan fingerprint density at radius 1 is 1.13 bits per heavy atom. The molecule has 1 heterocycles. The average Bonchev–Trinajstić information content (AvgIpc) is 2.19. The quantitative estimate of drug-likeness (QED) is 0.661. The zero-order valence-electron chi connectivity index (χ0n) is 9.16. The lowest BCUT2D eigenvalue weighted by Gasteiger charge is -2.08. The van der Waals surface area contributed by atoms with Gasteiger partial charge in [-0.1, -0.05) is 17.7 Å². The lowest BCUT2D eigenvalue weighted by Crippen LogP contribution is -1.94. The number of aromatic nitrogens is 1. The van der Waals surface area contributed by atoms with Gasteiger partial charge in [-0.3, -0.25) is 9.78 Å². The number of hydrogen-bond acceptors (Lipinski definition) is 2. The monoisotopic (exact) mass is 199 g/mol. The van der Waals surface area contributed by atoms with Gasteiger partial charge in [-0.2, -0.15) is 0 Å². The summed E-state index contributed by atoms with van der Waals surface area (Å²) in [4.78, 5) is 15.1. The maximum Gasteiger partial charge on any atom is 0.169 e. The summed E-state index contributed by atoms with van der Waals surface area (Å²) in [5.74, 6) is 0. The van der Waals surface area contributed by atoms with Crippen LogP contribution in [-0.4, -0.2) is 11.3 Å². The molecule has 2 rings (SSSR count). The molecule has 0 N–H and O–H groups in total. The summed E-state index contributed by atoms with van der Waals surface area (Å²) >= 11 is 0. The van der Waals surface area contributed by atoms with Crippen molar-refractivity contribution >= 4 is 17.1 Å². The number of carbonyl (C=O) groups is 1. The summed E-state index contributed by atoms with van der Waals surface area (Å²) in [5, 5.41) is 2.11. The molecular weight excluding hydrogens is 186 g/mol. The van der Waals surface area contributed by atoms with Crippen molar-refractivity contribution in [2.45, 2.75) is 20.8 Å². The van der Waals surface area contributed by atoms with Gasteiger partial charge in [0.1, 0.15) is 5.69 Å². The SMILES string of the molecule is Cc1cc(C)c2c(C=O)ncc(C)c2c1. The van der Waals surface area contributed by atoms with Gasteiger partial charge in [0.05, 0.1) is 0 Å². The summed E-state index contributed by atoms with van der Waals surface area (Å²) in [6.45, 7) is 6.10. The zero-order valence-corrected chi connectivity index (χ0v) is 9.16. The van der Waals surface area contributed by atoms with E-state index in [9.17, 15) is 4.79 Å². The minimum atomic E-state index is 0.535. The van der Waals surface area contributed by atoms with Gasteiger partial charge in [0.25, 0.3) is 0 Å². The van der Waals surface area contributed by atoms with Crippen molar-refractivity contribution in [1.82, 2.24) is 4.98 Å². The molecule has 0 radical (unpaired) electrons. The Balaban J connectivity index is 3.00. The van der Waals surface area contributed by atoms with Crippen LogP contribution in [-0.2, 0) is 0 Å². The number of aryl methyl sites for hydroxylation is 3. The predicted molar refractivity (Wildman–Crippen MR) is 61.3 cm³/mol. The predicted octanol–water partition coefficient (Wildman–Crippen LogP) is 2.97. The Morgan fingerprint density at radius 3 is 2.53 bits per heavy atom. The number of rotatable bonds is 1. The Bertz CT molecular complexity index is 544. The fraction of sp³-hybridized carbons (Fsp3) is 0.231. The topological polar surface area (TPSA) is 30.0 Å². The number of carbonyl (C=O) groups excluding carboxylic acids is 1. The van der Waals surface area contributed by atoms with Crippen molar-refractivity contribution in [2.24, 2.45) is 0 Å². The molecule has 0 atom stereocenters. The Hall–Kier alpha value is -1.70. The summed E-state index contributed by atoms with van der Waals surface area (Å²) < 4.78 is 0. The fourth-order valence-corrected chi connectivity index (χ4v) is 2.01. The van der Waals surface area contributed by atoms with E-state index in [0.29, 0.717) is 5.69 Å². The Labute approximate surface area is 89.0 Å². The number of benzene rings is 1. The molecule has 0 amide bonds. The van der Waals surface area contributed by atoms with Crippen molar-refractivity contribution in [1.29, 1.82) is 0 Å². The highest BCUT2D eigenvalue weighted by Crippen LogP contribution is 2.24. The normalized spacial score (nSPS) is 10.6. The molecule has 0 spiro atoms. The van der Waals surface area contributed by atoms with Gasteiger partial charge in [0, 0.05) is 11.6 Å². The van der Waals surface area contributed by atoms with E-state index in [4.69, 9.17) is 0 Å². The summed E-state index contributed by atoms with van der Waals surface area (Å²) in [6.07, 6.45) is 2.58. The van der Waals surface area contributed by atoms with Crippen LogP contribution in [0.25, 0.3) is 10.8 Å². The van der Waals surface area contributed by atoms with E-state index in [1.165, 1.54) is 5.56 Å². The van der Waals surface area contributed by atoms with Crippen LogP contribution in [0.2, 0.25) is 0 Å². The van der Waals surface area contributed by atoms with Gasteiger partial charge in [-0.05, 0) is 37.3 Å². The third-order valence-electron chi connectivity index (χ3n) is 2.67. The molecule has 0 saturated heterocycles. The van der Waals surface area contributed by atoms with Crippen molar-refractivity contribution < 1.29 is 4.79 Å². The third-order valence-corrected chi connectivity index (χ3v) is 2.67. The first-order valence-corrected chi connectivity index (χ1v) is 4.95. The van der Waals surface area contributed by atoms with E-state index in [1.807, 2.05) is 13.8 Å². The molecule has 0 saturated carbocycles. The van der Waals surface area contributed by atoms with Crippen LogP contribution in [0, 0.1) is 20.8 Å².